The van der Waals surface area contributed by atoms with E-state index in [-0.39, 0.29) is 5.92 Å². The third kappa shape index (κ3) is 2.61. The number of nitrogens with zero attached hydrogens (tertiary/aromatic N) is 2. The monoisotopic (exact) mass is 336 g/mol. The Morgan fingerprint density at radius 3 is 2.74 bits per heavy atom. The Morgan fingerprint density at radius 2 is 2.09 bits per heavy atom. The fraction of sp³-hybridized carbons (Fsp3) is 0.706. The van der Waals surface area contributed by atoms with E-state index in [9.17, 15) is 8.42 Å². The highest BCUT2D eigenvalue weighted by Crippen LogP contribution is 2.47. The van der Waals surface area contributed by atoms with Gasteiger partial charge in [0.1, 0.15) is 4.75 Å². The summed E-state index contributed by atoms with van der Waals surface area (Å²) in [5, 5.41) is 0. The first-order chi connectivity index (χ1) is 11.1. The molecular formula is C17H24N2O3S. The highest BCUT2D eigenvalue weighted by atomic mass is 32.2. The third-order valence-electron chi connectivity index (χ3n) is 5.93. The zero-order valence-electron chi connectivity index (χ0n) is 13.4. The molecule has 5 nitrogen and oxygen atoms in total. The van der Waals surface area contributed by atoms with E-state index in [1.54, 1.807) is 6.20 Å². The van der Waals surface area contributed by atoms with E-state index in [1.165, 1.54) is 19.3 Å². The van der Waals surface area contributed by atoms with E-state index in [1.807, 2.05) is 18.2 Å². The van der Waals surface area contributed by atoms with Crippen LogP contribution in [-0.4, -0.2) is 54.5 Å². The number of ether oxygens (including phenoxy) is 1. The molecule has 2 saturated heterocycles. The summed E-state index contributed by atoms with van der Waals surface area (Å²) in [6.07, 6.45) is 6.25. The van der Waals surface area contributed by atoms with E-state index in [2.05, 4.69) is 9.88 Å². The molecule has 4 rings (SSSR count). The van der Waals surface area contributed by atoms with Crippen LogP contribution >= 0.6 is 0 Å². The maximum atomic E-state index is 12.6. The van der Waals surface area contributed by atoms with E-state index in [0.29, 0.717) is 25.0 Å². The molecule has 1 unspecified atom stereocenters. The third-order valence-corrected chi connectivity index (χ3v) is 8.53. The molecule has 0 radical (unpaired) electrons. The fourth-order valence-corrected chi connectivity index (χ4v) is 6.57. The largest absolute Gasteiger partial charge is 0.375 e. The van der Waals surface area contributed by atoms with Crippen molar-refractivity contribution in [1.82, 2.24) is 9.88 Å². The minimum absolute atomic E-state index is 0.132. The molecule has 1 aromatic rings. The van der Waals surface area contributed by atoms with Crippen LogP contribution in [0.15, 0.2) is 24.4 Å². The first kappa shape index (κ1) is 15.5. The van der Waals surface area contributed by atoms with Gasteiger partial charge in [-0.25, -0.2) is 8.42 Å². The smallest absolute Gasteiger partial charge is 0.158 e. The molecule has 0 aromatic carbocycles. The molecule has 3 aliphatic rings. The van der Waals surface area contributed by atoms with Gasteiger partial charge in [-0.05, 0) is 31.4 Å². The number of hydrogen-bond donors (Lipinski definition) is 0. The summed E-state index contributed by atoms with van der Waals surface area (Å²) in [5.74, 6) is 0.455. The number of likely N-dealkylation sites (tertiary alicyclic amines) is 1. The van der Waals surface area contributed by atoms with Gasteiger partial charge in [0.2, 0.25) is 0 Å². The Labute approximate surface area is 138 Å². The highest BCUT2D eigenvalue weighted by molar-refractivity contribution is 7.93. The summed E-state index contributed by atoms with van der Waals surface area (Å²) in [6.45, 7) is 2.42. The topological polar surface area (TPSA) is 59.5 Å². The van der Waals surface area contributed by atoms with Crippen LogP contribution in [0.2, 0.25) is 0 Å². The predicted octanol–water partition coefficient (Wildman–Crippen LogP) is 1.64. The van der Waals surface area contributed by atoms with Crippen LogP contribution in [0.3, 0.4) is 0 Å². The lowest BCUT2D eigenvalue weighted by molar-refractivity contribution is -0.0154. The normalized spacial score (nSPS) is 29.3. The maximum absolute atomic E-state index is 12.6. The van der Waals surface area contributed by atoms with Crippen LogP contribution in [-0.2, 0) is 21.2 Å². The first-order valence-electron chi connectivity index (χ1n) is 8.55. The standard InChI is InChI=1S/C17H24N2O3S/c20-23(21)9-7-14(10-22-11-15-4-1-2-8-18-15)17(23)12-19(13-17)16-5-3-6-16/h1-2,4,8,14,16H,3,5-7,9-13H2. The van der Waals surface area contributed by atoms with Crippen LogP contribution in [0, 0.1) is 5.92 Å². The molecule has 0 N–H and O–H groups in total. The van der Waals surface area contributed by atoms with Crippen LogP contribution in [0.1, 0.15) is 31.4 Å². The second-order valence-electron chi connectivity index (χ2n) is 7.20. The minimum atomic E-state index is -2.98. The molecule has 3 fully saturated rings. The Kier molecular flexibility index (Phi) is 3.94. The predicted molar refractivity (Wildman–Crippen MR) is 87.7 cm³/mol. The van der Waals surface area contributed by atoms with Crippen LogP contribution in [0.5, 0.6) is 0 Å². The van der Waals surface area contributed by atoms with Crippen molar-refractivity contribution in [3.05, 3.63) is 30.1 Å². The molecule has 126 valence electrons. The molecule has 1 saturated carbocycles. The molecule has 2 aliphatic heterocycles. The summed E-state index contributed by atoms with van der Waals surface area (Å²) < 4.78 is 30.5. The van der Waals surface area contributed by atoms with Crippen molar-refractivity contribution in [3.8, 4) is 0 Å². The first-order valence-corrected chi connectivity index (χ1v) is 10.2. The molecule has 0 bridgehead atoms. The average Bonchev–Trinajstić information content (AvgIpc) is 2.70. The molecule has 1 spiro atoms. The lowest BCUT2D eigenvalue weighted by atomic mass is 9.79. The summed E-state index contributed by atoms with van der Waals surface area (Å²) in [5.41, 5.74) is 0.895. The van der Waals surface area contributed by atoms with Gasteiger partial charge < -0.3 is 4.74 Å². The van der Waals surface area contributed by atoms with Gasteiger partial charge in [0, 0.05) is 31.2 Å². The van der Waals surface area contributed by atoms with Gasteiger partial charge in [-0.1, -0.05) is 12.5 Å². The van der Waals surface area contributed by atoms with Crippen molar-refractivity contribution < 1.29 is 13.2 Å². The fourth-order valence-electron chi connectivity index (χ4n) is 4.15. The zero-order chi connectivity index (χ0) is 15.9. The zero-order valence-corrected chi connectivity index (χ0v) is 14.2. The summed E-state index contributed by atoms with van der Waals surface area (Å²) in [4.78, 5) is 6.62. The number of aromatic nitrogens is 1. The molecule has 1 atom stereocenters. The van der Waals surface area contributed by atoms with Crippen molar-refractivity contribution in [2.45, 2.75) is 43.1 Å². The highest BCUT2D eigenvalue weighted by Gasteiger charge is 2.62. The molecule has 1 aromatic heterocycles. The number of rotatable bonds is 5. The van der Waals surface area contributed by atoms with Gasteiger partial charge in [0.05, 0.1) is 24.7 Å². The number of hydrogen-bond acceptors (Lipinski definition) is 5. The lowest BCUT2D eigenvalue weighted by Gasteiger charge is -2.55. The van der Waals surface area contributed by atoms with Gasteiger partial charge in [-0.2, -0.15) is 0 Å². The summed E-state index contributed by atoms with van der Waals surface area (Å²) >= 11 is 0. The van der Waals surface area contributed by atoms with Crippen molar-refractivity contribution in [2.24, 2.45) is 5.92 Å². The van der Waals surface area contributed by atoms with E-state index >= 15 is 0 Å². The Balaban J connectivity index is 1.38. The second kappa shape index (κ2) is 5.83. The Bertz CT molecular complexity index is 652. The number of pyridine rings is 1. The molecule has 23 heavy (non-hydrogen) atoms. The molecule has 0 amide bonds. The van der Waals surface area contributed by atoms with Gasteiger partial charge in [-0.15, -0.1) is 0 Å². The average molecular weight is 336 g/mol. The Hall–Kier alpha value is -0.980. The minimum Gasteiger partial charge on any atom is -0.375 e. The van der Waals surface area contributed by atoms with Crippen LogP contribution in [0.4, 0.5) is 0 Å². The molecule has 3 heterocycles. The molecule has 6 heteroatoms. The van der Waals surface area contributed by atoms with Gasteiger partial charge >= 0.3 is 0 Å². The molecule has 1 aliphatic carbocycles. The van der Waals surface area contributed by atoms with E-state index in [0.717, 1.165) is 25.2 Å². The second-order valence-corrected chi connectivity index (χ2v) is 9.65. The van der Waals surface area contributed by atoms with Gasteiger partial charge in [0.15, 0.2) is 9.84 Å². The van der Waals surface area contributed by atoms with Crippen molar-refractivity contribution in [1.29, 1.82) is 0 Å². The van der Waals surface area contributed by atoms with E-state index < -0.39 is 14.6 Å². The van der Waals surface area contributed by atoms with Crippen LogP contribution in [0.25, 0.3) is 0 Å². The summed E-state index contributed by atoms with van der Waals surface area (Å²) in [7, 11) is -2.98. The quantitative estimate of drug-likeness (QED) is 0.818. The molecular weight excluding hydrogens is 312 g/mol. The van der Waals surface area contributed by atoms with Gasteiger partial charge in [0.25, 0.3) is 0 Å². The lowest BCUT2D eigenvalue weighted by Crippen LogP contribution is -2.70. The van der Waals surface area contributed by atoms with Crippen molar-refractivity contribution >= 4 is 9.84 Å². The van der Waals surface area contributed by atoms with Crippen molar-refractivity contribution in [2.75, 3.05) is 25.4 Å². The van der Waals surface area contributed by atoms with Gasteiger partial charge in [-0.3, -0.25) is 9.88 Å². The SMILES string of the molecule is O=S1(=O)CCC(COCc2ccccn2)C12CN(C1CCC1)C2. The van der Waals surface area contributed by atoms with E-state index in [4.69, 9.17) is 4.74 Å². The van der Waals surface area contributed by atoms with Crippen LogP contribution < -0.4 is 0 Å². The Morgan fingerprint density at radius 1 is 1.26 bits per heavy atom. The van der Waals surface area contributed by atoms with Crippen molar-refractivity contribution in [3.63, 3.8) is 0 Å². The maximum Gasteiger partial charge on any atom is 0.158 e. The number of sulfone groups is 1. The summed E-state index contributed by atoms with van der Waals surface area (Å²) in [6, 6.07) is 6.38.